The molecule has 2 atom stereocenters. The molecule has 27 heavy (non-hydrogen) atoms. The molecule has 3 aliphatic rings. The van der Waals surface area contributed by atoms with E-state index in [1.807, 2.05) is 6.92 Å². The van der Waals surface area contributed by atoms with Crippen LogP contribution in [0.3, 0.4) is 0 Å². The molecule has 2 saturated heterocycles. The van der Waals surface area contributed by atoms with Crippen LogP contribution in [0.1, 0.15) is 42.2 Å². The Morgan fingerprint density at radius 1 is 1.41 bits per heavy atom. The number of hydrogen-bond acceptors (Lipinski definition) is 7. The maximum atomic E-state index is 12.4. The number of carbonyl (C=O) groups is 3. The summed E-state index contributed by atoms with van der Waals surface area (Å²) in [5.41, 5.74) is 1.56. The van der Waals surface area contributed by atoms with Crippen molar-refractivity contribution in [2.24, 2.45) is 0 Å². The Kier molecular flexibility index (Phi) is 4.64. The molecule has 2 aliphatic heterocycles. The molecule has 9 heteroatoms. The Balaban J connectivity index is 1.36. The highest BCUT2D eigenvalue weighted by Gasteiger charge is 2.53. The first-order valence-corrected chi connectivity index (χ1v) is 10.7. The Labute approximate surface area is 165 Å². The second-order valence-electron chi connectivity index (χ2n) is 7.09. The number of anilines is 1. The maximum absolute atomic E-state index is 12.4. The summed E-state index contributed by atoms with van der Waals surface area (Å²) in [6.07, 6.45) is 3.99. The zero-order chi connectivity index (χ0) is 19.2. The van der Waals surface area contributed by atoms with Gasteiger partial charge in [0.25, 0.3) is 5.91 Å². The van der Waals surface area contributed by atoms with E-state index >= 15 is 0 Å². The van der Waals surface area contributed by atoms with Crippen LogP contribution >= 0.6 is 23.1 Å². The molecule has 4 rings (SSSR count). The lowest BCUT2D eigenvalue weighted by Gasteiger charge is -2.29. The van der Waals surface area contributed by atoms with Gasteiger partial charge in [0.1, 0.15) is 17.1 Å². The fourth-order valence-electron chi connectivity index (χ4n) is 4.00. The van der Waals surface area contributed by atoms with E-state index < -0.39 is 24.5 Å². The summed E-state index contributed by atoms with van der Waals surface area (Å²) in [6.45, 7) is 1.54. The van der Waals surface area contributed by atoms with Crippen LogP contribution < -0.4 is 5.32 Å². The van der Waals surface area contributed by atoms with Gasteiger partial charge >= 0.3 is 5.97 Å². The number of nitrogens with zero attached hydrogens (tertiary/aromatic N) is 2. The normalized spacial score (nSPS) is 25.9. The molecule has 3 heterocycles. The van der Waals surface area contributed by atoms with Crippen LogP contribution in [-0.2, 0) is 32.0 Å². The molecular weight excluding hydrogens is 386 g/mol. The molecule has 1 N–H and O–H groups in total. The number of nitrogens with one attached hydrogen (secondary N) is 1. The van der Waals surface area contributed by atoms with Gasteiger partial charge in [-0.05, 0) is 38.2 Å². The minimum atomic E-state index is -0.636. The van der Waals surface area contributed by atoms with Gasteiger partial charge in [0, 0.05) is 17.1 Å². The summed E-state index contributed by atoms with van der Waals surface area (Å²) in [6, 6.07) is 1.53. The molecular formula is C18H19N3O4S2. The van der Waals surface area contributed by atoms with E-state index in [-0.39, 0.29) is 10.8 Å². The molecule has 2 amide bonds. The summed E-state index contributed by atoms with van der Waals surface area (Å²) >= 11 is 3.00. The van der Waals surface area contributed by atoms with Crippen molar-refractivity contribution in [3.63, 3.8) is 0 Å². The summed E-state index contributed by atoms with van der Waals surface area (Å²) in [5.74, 6) is -0.578. The van der Waals surface area contributed by atoms with Gasteiger partial charge < -0.3 is 15.0 Å². The Hall–Kier alpha value is -2.05. The van der Waals surface area contributed by atoms with Crippen LogP contribution in [0.5, 0.6) is 0 Å². The molecule has 1 aromatic rings. The third-order valence-corrected chi connectivity index (χ3v) is 8.06. The largest absolute Gasteiger partial charge is 0.454 e. The molecule has 0 spiro atoms. The van der Waals surface area contributed by atoms with Crippen molar-refractivity contribution in [1.29, 1.82) is 5.26 Å². The first-order chi connectivity index (χ1) is 12.9. The zero-order valence-corrected chi connectivity index (χ0v) is 16.5. The second kappa shape index (κ2) is 6.84. The Bertz CT molecular complexity index is 875. The Morgan fingerprint density at radius 3 is 3.00 bits per heavy atom. The van der Waals surface area contributed by atoms with Crippen LogP contribution in [0.2, 0.25) is 0 Å². The van der Waals surface area contributed by atoms with E-state index in [9.17, 15) is 19.6 Å². The smallest absolute Gasteiger partial charge is 0.330 e. The number of amides is 2. The average molecular weight is 406 g/mol. The quantitative estimate of drug-likeness (QED) is 0.770. The monoisotopic (exact) mass is 405 g/mol. The number of carbonyl (C=O) groups excluding carboxylic acids is 3. The lowest BCUT2D eigenvalue weighted by atomic mass is 10.1. The maximum Gasteiger partial charge on any atom is 0.330 e. The van der Waals surface area contributed by atoms with Gasteiger partial charge in [-0.25, -0.2) is 4.79 Å². The van der Waals surface area contributed by atoms with E-state index in [2.05, 4.69) is 11.4 Å². The summed E-state index contributed by atoms with van der Waals surface area (Å²) in [7, 11) is 0. The van der Waals surface area contributed by atoms with Crippen molar-refractivity contribution in [3.05, 3.63) is 16.0 Å². The Morgan fingerprint density at radius 2 is 2.22 bits per heavy atom. The fraction of sp³-hybridized carbons (Fsp3) is 0.556. The summed E-state index contributed by atoms with van der Waals surface area (Å²) in [4.78, 5) is 39.1. The van der Waals surface area contributed by atoms with Crippen molar-refractivity contribution in [2.45, 2.75) is 49.9 Å². The topological polar surface area (TPSA) is 99.5 Å². The van der Waals surface area contributed by atoms with Gasteiger partial charge in [0.05, 0.1) is 10.4 Å². The third kappa shape index (κ3) is 3.11. The van der Waals surface area contributed by atoms with E-state index in [0.29, 0.717) is 22.7 Å². The highest BCUT2D eigenvalue weighted by molar-refractivity contribution is 8.01. The van der Waals surface area contributed by atoms with E-state index in [1.54, 1.807) is 16.7 Å². The molecule has 7 nitrogen and oxygen atoms in total. The number of aryl methyl sites for hydroxylation is 1. The first kappa shape index (κ1) is 18.3. The second-order valence-corrected chi connectivity index (χ2v) is 9.70. The number of hydrogen-bond donors (Lipinski definition) is 1. The number of nitriles is 1. The van der Waals surface area contributed by atoms with Gasteiger partial charge in [-0.1, -0.05) is 0 Å². The molecule has 0 bridgehead atoms. The van der Waals surface area contributed by atoms with Gasteiger partial charge in [0.15, 0.2) is 6.61 Å². The molecule has 0 radical (unpaired) electrons. The van der Waals surface area contributed by atoms with Crippen LogP contribution in [0.4, 0.5) is 5.00 Å². The van der Waals surface area contributed by atoms with Crippen LogP contribution in [0, 0.1) is 11.3 Å². The number of ether oxygens (including phenoxy) is 1. The van der Waals surface area contributed by atoms with Gasteiger partial charge in [-0.2, -0.15) is 5.26 Å². The molecule has 1 aliphatic carbocycles. The standard InChI is InChI=1S/C18H19N3O4S2/c1-18-6-5-15(23)21(18)12(9-26-18)17(24)25-8-14(22)20-16-11(7-19)10-3-2-4-13(10)27-16/h12H,2-6,8-9H2,1H3,(H,20,22)/t12-,18+/m0/s1. The highest BCUT2D eigenvalue weighted by atomic mass is 32.2. The lowest BCUT2D eigenvalue weighted by Crippen LogP contribution is -2.47. The minimum Gasteiger partial charge on any atom is -0.454 e. The molecule has 142 valence electrons. The van der Waals surface area contributed by atoms with Gasteiger partial charge in [0.2, 0.25) is 5.91 Å². The van der Waals surface area contributed by atoms with Crippen LogP contribution in [0.25, 0.3) is 0 Å². The van der Waals surface area contributed by atoms with Crippen molar-refractivity contribution in [3.8, 4) is 6.07 Å². The van der Waals surface area contributed by atoms with Crippen molar-refractivity contribution >= 4 is 45.9 Å². The molecule has 2 fully saturated rings. The SMILES string of the molecule is C[C@@]12CCC(=O)N1[C@H](C(=O)OCC(=O)Nc1sc3c(c1C#N)CCC3)CS2. The molecule has 1 aromatic heterocycles. The summed E-state index contributed by atoms with van der Waals surface area (Å²) < 4.78 is 5.18. The first-order valence-electron chi connectivity index (χ1n) is 8.90. The molecule has 0 saturated carbocycles. The number of thioether (sulfide) groups is 1. The van der Waals surface area contributed by atoms with Crippen molar-refractivity contribution < 1.29 is 19.1 Å². The number of thiophene rings is 1. The van der Waals surface area contributed by atoms with Crippen molar-refractivity contribution in [1.82, 2.24) is 4.90 Å². The van der Waals surface area contributed by atoms with Gasteiger partial charge in [-0.15, -0.1) is 23.1 Å². The zero-order valence-electron chi connectivity index (χ0n) is 14.9. The summed E-state index contributed by atoms with van der Waals surface area (Å²) in [5, 5.41) is 12.6. The predicted octanol–water partition coefficient (Wildman–Crippen LogP) is 2.04. The molecule has 0 aromatic carbocycles. The highest BCUT2D eigenvalue weighted by Crippen LogP contribution is 2.47. The number of rotatable bonds is 4. The predicted molar refractivity (Wildman–Crippen MR) is 101 cm³/mol. The number of fused-ring (bicyclic) bond motifs is 2. The molecule has 0 unspecified atom stereocenters. The van der Waals surface area contributed by atoms with E-state index in [0.717, 1.165) is 36.1 Å². The average Bonchev–Trinajstić information content (AvgIpc) is 3.35. The van der Waals surface area contributed by atoms with Gasteiger partial charge in [-0.3, -0.25) is 9.59 Å². The van der Waals surface area contributed by atoms with Crippen LogP contribution in [-0.4, -0.2) is 46.0 Å². The number of esters is 1. The fourth-order valence-corrected chi connectivity index (χ4v) is 6.67. The van der Waals surface area contributed by atoms with Crippen LogP contribution in [0.15, 0.2) is 0 Å². The van der Waals surface area contributed by atoms with E-state index in [1.165, 1.54) is 11.3 Å². The third-order valence-electron chi connectivity index (χ3n) is 5.35. The minimum absolute atomic E-state index is 0.0411. The lowest BCUT2D eigenvalue weighted by molar-refractivity contribution is -0.155. The van der Waals surface area contributed by atoms with E-state index in [4.69, 9.17) is 4.74 Å². The van der Waals surface area contributed by atoms with Crippen molar-refractivity contribution in [2.75, 3.05) is 17.7 Å².